The number of carbonyl (C=O) groups excluding carboxylic acids is 1. The maximum absolute atomic E-state index is 12.0. The third-order valence-electron chi connectivity index (χ3n) is 6.14. The average Bonchev–Trinajstić information content (AvgIpc) is 2.86. The largest absolute Gasteiger partial charge is 0.478 e. The van der Waals surface area contributed by atoms with Gasteiger partial charge in [0, 0.05) is 36.2 Å². The maximum Gasteiger partial charge on any atom is 0.331 e. The van der Waals surface area contributed by atoms with Gasteiger partial charge in [0.15, 0.2) is 0 Å². The number of hydrogen-bond donors (Lipinski definition) is 3. The van der Waals surface area contributed by atoms with Crippen molar-refractivity contribution in [1.82, 2.24) is 10.6 Å². The Balaban J connectivity index is 1.72. The monoisotopic (exact) mass is 474 g/mol. The zero-order valence-electron chi connectivity index (χ0n) is 20.6. The molecule has 0 radical (unpaired) electrons. The molecule has 0 saturated carbocycles. The van der Waals surface area contributed by atoms with Crippen molar-refractivity contribution < 1.29 is 19.4 Å². The molecule has 3 N–H and O–H groups in total. The Morgan fingerprint density at radius 3 is 2.23 bits per heavy atom. The van der Waals surface area contributed by atoms with Gasteiger partial charge in [-0.1, -0.05) is 56.0 Å². The van der Waals surface area contributed by atoms with Crippen LogP contribution in [-0.2, 0) is 20.9 Å². The predicted octanol–water partition coefficient (Wildman–Crippen LogP) is 4.04. The van der Waals surface area contributed by atoms with Crippen LogP contribution in [0.2, 0.25) is 0 Å². The molecule has 0 aliphatic heterocycles. The second-order valence-corrected chi connectivity index (χ2v) is 8.77. The molecule has 1 amide bonds. The van der Waals surface area contributed by atoms with Crippen LogP contribution in [0.5, 0.6) is 0 Å². The highest BCUT2D eigenvalue weighted by atomic mass is 16.5. The van der Waals surface area contributed by atoms with E-state index in [1.807, 2.05) is 68.4 Å². The molecule has 6 heteroatoms. The summed E-state index contributed by atoms with van der Waals surface area (Å²) in [5.74, 6) is 5.19. The second-order valence-electron chi connectivity index (χ2n) is 8.77. The van der Waals surface area contributed by atoms with E-state index in [1.165, 1.54) is 6.92 Å². The molecule has 0 heterocycles. The lowest BCUT2D eigenvalue weighted by atomic mass is 9.87. The molecule has 3 atom stereocenters. The van der Waals surface area contributed by atoms with Crippen LogP contribution in [0.4, 0.5) is 0 Å². The van der Waals surface area contributed by atoms with Crippen molar-refractivity contribution in [1.29, 1.82) is 0 Å². The van der Waals surface area contributed by atoms with Gasteiger partial charge in [-0.25, -0.2) is 4.79 Å². The van der Waals surface area contributed by atoms with Gasteiger partial charge in [0.05, 0.1) is 18.2 Å². The van der Waals surface area contributed by atoms with Crippen molar-refractivity contribution in [3.05, 3.63) is 82.9 Å². The van der Waals surface area contributed by atoms with Crippen molar-refractivity contribution in [2.24, 2.45) is 0 Å². The topological polar surface area (TPSA) is 87.7 Å². The molecule has 1 aliphatic carbocycles. The van der Waals surface area contributed by atoms with E-state index < -0.39 is 12.1 Å². The minimum absolute atomic E-state index is 0.00848. The third kappa shape index (κ3) is 7.81. The summed E-state index contributed by atoms with van der Waals surface area (Å²) in [4.78, 5) is 23.8. The summed E-state index contributed by atoms with van der Waals surface area (Å²) < 4.78 is 6.24. The van der Waals surface area contributed by atoms with Crippen molar-refractivity contribution in [2.45, 2.75) is 70.9 Å². The third-order valence-corrected chi connectivity index (χ3v) is 6.14. The molecule has 2 aromatic carbocycles. The van der Waals surface area contributed by atoms with Crippen LogP contribution in [0.1, 0.15) is 56.7 Å². The molecule has 184 valence electrons. The minimum Gasteiger partial charge on any atom is -0.478 e. The fourth-order valence-electron chi connectivity index (χ4n) is 4.19. The Bertz CT molecular complexity index is 1080. The van der Waals surface area contributed by atoms with Crippen LogP contribution < -0.4 is 10.6 Å². The highest BCUT2D eigenvalue weighted by Gasteiger charge is 2.37. The first kappa shape index (κ1) is 26.2. The van der Waals surface area contributed by atoms with Gasteiger partial charge in [0.25, 0.3) is 0 Å². The van der Waals surface area contributed by atoms with Gasteiger partial charge in [0.2, 0.25) is 5.91 Å². The first-order valence-corrected chi connectivity index (χ1v) is 12.2. The molecule has 0 saturated heterocycles. The Kier molecular flexibility index (Phi) is 9.66. The SMILES string of the molecule is CCC(CC)O[C@@H]1C=C(C(=O)O)C[C@H](NCc2ccc(C#Cc3ccccc3)cc2)[C@H]1NC(C)=O. The van der Waals surface area contributed by atoms with E-state index in [0.29, 0.717) is 18.5 Å². The van der Waals surface area contributed by atoms with Crippen LogP contribution in [0.3, 0.4) is 0 Å². The summed E-state index contributed by atoms with van der Waals surface area (Å²) in [6.45, 7) is 6.07. The molecular weight excluding hydrogens is 440 g/mol. The molecule has 0 bridgehead atoms. The summed E-state index contributed by atoms with van der Waals surface area (Å²) in [7, 11) is 0. The number of benzene rings is 2. The smallest absolute Gasteiger partial charge is 0.331 e. The number of nitrogens with one attached hydrogen (secondary N) is 2. The van der Waals surface area contributed by atoms with E-state index in [1.54, 1.807) is 6.08 Å². The maximum atomic E-state index is 12.0. The Morgan fingerprint density at radius 1 is 1.03 bits per heavy atom. The lowest BCUT2D eigenvalue weighted by Crippen LogP contribution is -2.58. The lowest BCUT2D eigenvalue weighted by Gasteiger charge is -2.38. The first-order chi connectivity index (χ1) is 16.9. The molecule has 35 heavy (non-hydrogen) atoms. The summed E-state index contributed by atoms with van der Waals surface area (Å²) in [6, 6.07) is 17.1. The lowest BCUT2D eigenvalue weighted by molar-refractivity contribution is -0.133. The van der Waals surface area contributed by atoms with Crippen LogP contribution in [0.25, 0.3) is 0 Å². The number of amides is 1. The first-order valence-electron chi connectivity index (χ1n) is 12.2. The Morgan fingerprint density at radius 2 is 1.66 bits per heavy atom. The number of carboxylic acids is 1. The summed E-state index contributed by atoms with van der Waals surface area (Å²) >= 11 is 0. The summed E-state index contributed by atoms with van der Waals surface area (Å²) in [5, 5.41) is 16.1. The van der Waals surface area contributed by atoms with Crippen LogP contribution in [0, 0.1) is 11.8 Å². The Labute approximate surface area is 207 Å². The van der Waals surface area contributed by atoms with E-state index in [0.717, 1.165) is 29.5 Å². The second kappa shape index (κ2) is 12.9. The predicted molar refractivity (Wildman–Crippen MR) is 137 cm³/mol. The summed E-state index contributed by atoms with van der Waals surface area (Å²) in [5.41, 5.74) is 3.22. The summed E-state index contributed by atoms with van der Waals surface area (Å²) in [6.07, 6.45) is 3.05. The number of hydrogen-bond acceptors (Lipinski definition) is 4. The number of carbonyl (C=O) groups is 2. The molecule has 6 nitrogen and oxygen atoms in total. The molecule has 0 fully saturated rings. The van der Waals surface area contributed by atoms with Gasteiger partial charge in [-0.2, -0.15) is 0 Å². The van der Waals surface area contributed by atoms with E-state index in [-0.39, 0.29) is 24.1 Å². The molecular formula is C29H34N2O4. The Hall–Kier alpha value is -3.40. The van der Waals surface area contributed by atoms with Gasteiger partial charge < -0.3 is 20.5 Å². The number of rotatable bonds is 9. The van der Waals surface area contributed by atoms with Crippen LogP contribution in [-0.4, -0.2) is 41.3 Å². The highest BCUT2D eigenvalue weighted by Crippen LogP contribution is 2.25. The molecule has 1 aliphatic rings. The van der Waals surface area contributed by atoms with Crippen molar-refractivity contribution >= 4 is 11.9 Å². The quantitative estimate of drug-likeness (QED) is 0.478. The number of ether oxygens (including phenoxy) is 1. The normalized spacial score (nSPS) is 19.4. The highest BCUT2D eigenvalue weighted by molar-refractivity contribution is 5.87. The van der Waals surface area contributed by atoms with E-state index in [2.05, 4.69) is 22.5 Å². The van der Waals surface area contributed by atoms with Gasteiger partial charge in [-0.3, -0.25) is 4.79 Å². The van der Waals surface area contributed by atoms with Crippen molar-refractivity contribution in [3.63, 3.8) is 0 Å². The zero-order chi connectivity index (χ0) is 25.2. The van der Waals surface area contributed by atoms with Gasteiger partial charge in [-0.05, 0) is 55.2 Å². The average molecular weight is 475 g/mol. The van der Waals surface area contributed by atoms with Crippen LogP contribution in [0.15, 0.2) is 66.2 Å². The van der Waals surface area contributed by atoms with Crippen molar-refractivity contribution in [2.75, 3.05) is 0 Å². The van der Waals surface area contributed by atoms with E-state index in [9.17, 15) is 14.7 Å². The molecule has 0 aromatic heterocycles. The van der Waals surface area contributed by atoms with Gasteiger partial charge >= 0.3 is 5.97 Å². The van der Waals surface area contributed by atoms with E-state index >= 15 is 0 Å². The minimum atomic E-state index is -0.961. The van der Waals surface area contributed by atoms with Crippen LogP contribution >= 0.6 is 0 Å². The fraction of sp³-hybridized carbons (Fsp3) is 0.379. The molecule has 2 aromatic rings. The number of aliphatic carboxylic acids is 1. The van der Waals surface area contributed by atoms with Gasteiger partial charge in [0.1, 0.15) is 0 Å². The number of carboxylic acid groups (broad SMARTS) is 1. The molecule has 3 rings (SSSR count). The molecule has 0 unspecified atom stereocenters. The fourth-order valence-corrected chi connectivity index (χ4v) is 4.19. The van der Waals surface area contributed by atoms with E-state index in [4.69, 9.17) is 4.74 Å². The molecule has 0 spiro atoms. The zero-order valence-corrected chi connectivity index (χ0v) is 20.6. The van der Waals surface area contributed by atoms with Crippen molar-refractivity contribution in [3.8, 4) is 11.8 Å². The standard InChI is InChI=1S/C29H34N2O4/c1-4-25(5-2)35-27-18-24(29(33)34)17-26(28(27)31-20(3)32)30-19-23-15-13-22(14-16-23)12-11-21-9-7-6-8-10-21/h6-10,13-16,18,25-28,30H,4-5,17,19H2,1-3H3,(H,31,32)(H,33,34)/t26-,27+,28+/m0/s1. The van der Waals surface area contributed by atoms with Gasteiger partial charge in [-0.15, -0.1) is 0 Å².